The van der Waals surface area contributed by atoms with Crippen LogP contribution in [-0.2, 0) is 0 Å². The molecule has 0 amide bonds. The molecule has 0 aliphatic heterocycles. The Bertz CT molecular complexity index is 3500. The van der Waals surface area contributed by atoms with E-state index in [1.165, 1.54) is 48.1 Å². The number of hydrogen-bond acceptors (Lipinski definition) is 2. The van der Waals surface area contributed by atoms with Gasteiger partial charge >= 0.3 is 0 Å². The van der Waals surface area contributed by atoms with Crippen LogP contribution in [0.3, 0.4) is 0 Å². The van der Waals surface area contributed by atoms with E-state index >= 15 is 0 Å². The van der Waals surface area contributed by atoms with Crippen molar-refractivity contribution < 1.29 is 4.42 Å². The first-order valence-electron chi connectivity index (χ1n) is 21.9. The molecule has 3 nitrogen and oxygen atoms in total. The van der Waals surface area contributed by atoms with Gasteiger partial charge in [0, 0.05) is 50.4 Å². The van der Waals surface area contributed by atoms with Crippen LogP contribution >= 0.6 is 0 Å². The summed E-state index contributed by atoms with van der Waals surface area (Å²) in [6, 6.07) is 92.9. The number of benzene rings is 10. The van der Waals surface area contributed by atoms with Crippen molar-refractivity contribution in [2.75, 3.05) is 4.90 Å². The van der Waals surface area contributed by atoms with Gasteiger partial charge in [-0.05, 0) is 98.6 Å². The second kappa shape index (κ2) is 15.6. The normalized spacial score (nSPS) is 11.8. The van der Waals surface area contributed by atoms with Gasteiger partial charge in [0.25, 0.3) is 0 Å². The van der Waals surface area contributed by atoms with Gasteiger partial charge in [-0.1, -0.05) is 182 Å². The van der Waals surface area contributed by atoms with Crippen molar-refractivity contribution in [2.24, 2.45) is 0 Å². The van der Waals surface area contributed by atoms with Crippen LogP contribution in [0.15, 0.2) is 259 Å². The number of para-hydroxylation sites is 3. The van der Waals surface area contributed by atoms with Crippen molar-refractivity contribution in [1.82, 2.24) is 4.57 Å². The van der Waals surface area contributed by atoms with Crippen LogP contribution in [0.2, 0.25) is 0 Å². The lowest BCUT2D eigenvalue weighted by atomic mass is 9.99. The Balaban J connectivity index is 1.06. The summed E-state index contributed by atoms with van der Waals surface area (Å²) in [5.41, 5.74) is 10.8. The molecule has 2 heterocycles. The summed E-state index contributed by atoms with van der Waals surface area (Å²) in [6.07, 6.45) is 0. The van der Waals surface area contributed by atoms with Gasteiger partial charge in [-0.3, -0.25) is 0 Å². The first-order chi connectivity index (χ1) is 31.8. The molecule has 0 saturated carbocycles. The van der Waals surface area contributed by atoms with E-state index in [0.29, 0.717) is 0 Å². The average molecular weight is 835 g/mol. The molecule has 0 aliphatic rings. The Labute approximate surface area is 373 Å². The molecule has 4 heteroatoms. The van der Waals surface area contributed by atoms with Gasteiger partial charge in [0.15, 0.2) is 8.07 Å². The fourth-order valence-electron chi connectivity index (χ4n) is 10.1. The second-order valence-electron chi connectivity index (χ2n) is 16.4. The molecular formula is C60H42N2OSi. The van der Waals surface area contributed by atoms with Crippen molar-refractivity contribution >= 4 is 89.6 Å². The van der Waals surface area contributed by atoms with Crippen LogP contribution in [0.4, 0.5) is 17.1 Å². The number of furan rings is 1. The maximum Gasteiger partial charge on any atom is 0.179 e. The highest BCUT2D eigenvalue weighted by Gasteiger charge is 2.41. The molecule has 302 valence electrons. The molecule has 10 aromatic carbocycles. The fourth-order valence-corrected chi connectivity index (χ4v) is 14.9. The molecule has 64 heavy (non-hydrogen) atoms. The molecule has 0 bridgehead atoms. The summed E-state index contributed by atoms with van der Waals surface area (Å²) >= 11 is 0. The fraction of sp³-hybridized carbons (Fsp3) is 0. The highest BCUT2D eigenvalue weighted by molar-refractivity contribution is 7.19. The van der Waals surface area contributed by atoms with Gasteiger partial charge in [-0.25, -0.2) is 0 Å². The third-order valence-electron chi connectivity index (χ3n) is 12.9. The summed E-state index contributed by atoms with van der Waals surface area (Å²) in [5, 5.41) is 10.0. The van der Waals surface area contributed by atoms with Crippen molar-refractivity contribution in [2.45, 2.75) is 0 Å². The first kappa shape index (κ1) is 37.6. The molecular weight excluding hydrogens is 793 g/mol. The number of aromatic nitrogens is 1. The molecule has 0 atom stereocenters. The van der Waals surface area contributed by atoms with E-state index in [-0.39, 0.29) is 0 Å². The van der Waals surface area contributed by atoms with Gasteiger partial charge in [-0.2, -0.15) is 0 Å². The van der Waals surface area contributed by atoms with Crippen LogP contribution in [0.25, 0.3) is 60.6 Å². The summed E-state index contributed by atoms with van der Waals surface area (Å²) in [7, 11) is -2.82. The molecule has 0 spiro atoms. The Kier molecular flexibility index (Phi) is 9.17. The lowest BCUT2D eigenvalue weighted by Crippen LogP contribution is -2.74. The zero-order valence-corrected chi connectivity index (χ0v) is 36.1. The van der Waals surface area contributed by atoms with E-state index in [1.54, 1.807) is 0 Å². The monoisotopic (exact) mass is 834 g/mol. The number of fused-ring (bicyclic) bond motifs is 6. The minimum atomic E-state index is -2.82. The summed E-state index contributed by atoms with van der Waals surface area (Å²) in [4.78, 5) is 2.39. The smallest absolute Gasteiger partial charge is 0.179 e. The summed E-state index contributed by atoms with van der Waals surface area (Å²) in [5.74, 6) is 0. The summed E-state index contributed by atoms with van der Waals surface area (Å²) in [6.45, 7) is 0. The Hall–Kier alpha value is -8.18. The molecule has 2 aromatic heterocycles. The number of nitrogens with zero attached hydrogens (tertiary/aromatic N) is 2. The average Bonchev–Trinajstić information content (AvgIpc) is 3.92. The summed E-state index contributed by atoms with van der Waals surface area (Å²) < 4.78 is 8.92. The molecule has 0 aliphatic carbocycles. The highest BCUT2D eigenvalue weighted by Crippen LogP contribution is 2.42. The zero-order chi connectivity index (χ0) is 42.5. The Morgan fingerprint density at radius 2 is 0.859 bits per heavy atom. The van der Waals surface area contributed by atoms with Gasteiger partial charge in [0.1, 0.15) is 11.2 Å². The van der Waals surface area contributed by atoms with Crippen LogP contribution in [-0.4, -0.2) is 12.6 Å². The first-order valence-corrected chi connectivity index (χ1v) is 23.9. The van der Waals surface area contributed by atoms with E-state index in [0.717, 1.165) is 50.3 Å². The number of hydrogen-bond donors (Lipinski definition) is 0. The molecule has 12 aromatic rings. The zero-order valence-electron chi connectivity index (χ0n) is 35.1. The van der Waals surface area contributed by atoms with Crippen molar-refractivity contribution in [3.8, 4) is 16.8 Å². The van der Waals surface area contributed by atoms with Crippen molar-refractivity contribution in [3.63, 3.8) is 0 Å². The quantitative estimate of drug-likeness (QED) is 0.107. The molecule has 0 radical (unpaired) electrons. The number of anilines is 3. The largest absolute Gasteiger partial charge is 0.456 e. The van der Waals surface area contributed by atoms with Gasteiger partial charge in [0.2, 0.25) is 0 Å². The number of rotatable bonds is 9. The Morgan fingerprint density at radius 3 is 1.55 bits per heavy atom. The third kappa shape index (κ3) is 6.10. The standard InChI is InChI=1S/C60H42N2OSi/c1-5-19-44(20-6-1)62-56-32-15-13-30-55(56)60-52(31-18-33-57(60)62)43-35-37-45(38-36-43)61(47-39-40-54-53-29-14-16-34-58(53)63-59(54)42-47)46-21-17-28-51(41-46)64(48-22-7-2-8-23-48,49-24-9-3-10-25-49)50-26-11-4-12-27-50/h1-42H. The van der Waals surface area contributed by atoms with E-state index in [4.69, 9.17) is 4.42 Å². The molecule has 0 saturated heterocycles. The SMILES string of the molecule is c1ccc(-n2c3ccccc3c3c(-c4ccc(N(c5cccc([Si](c6ccccc6)(c6ccccc6)c6ccccc6)c5)c5ccc6c(c5)oc5ccccc56)cc4)cccc32)cc1. The van der Waals surface area contributed by atoms with E-state index in [9.17, 15) is 0 Å². The minimum absolute atomic E-state index is 0.861. The van der Waals surface area contributed by atoms with Gasteiger partial charge in [-0.15, -0.1) is 0 Å². The topological polar surface area (TPSA) is 21.3 Å². The Morgan fingerprint density at radius 1 is 0.344 bits per heavy atom. The lowest BCUT2D eigenvalue weighted by molar-refractivity contribution is 0.669. The van der Waals surface area contributed by atoms with E-state index < -0.39 is 8.07 Å². The van der Waals surface area contributed by atoms with Gasteiger partial charge in [0.05, 0.1) is 11.0 Å². The van der Waals surface area contributed by atoms with E-state index in [1.807, 2.05) is 12.1 Å². The predicted octanol–water partition coefficient (Wildman–Crippen LogP) is 13.2. The molecule has 0 fully saturated rings. The third-order valence-corrected chi connectivity index (χ3v) is 17.7. The molecule has 12 rings (SSSR count). The predicted molar refractivity (Wildman–Crippen MR) is 272 cm³/mol. The van der Waals surface area contributed by atoms with Crippen molar-refractivity contribution in [1.29, 1.82) is 0 Å². The van der Waals surface area contributed by atoms with E-state index in [2.05, 4.69) is 252 Å². The molecule has 0 unspecified atom stereocenters. The van der Waals surface area contributed by atoms with Crippen LogP contribution in [0.5, 0.6) is 0 Å². The van der Waals surface area contributed by atoms with Crippen LogP contribution < -0.4 is 25.6 Å². The van der Waals surface area contributed by atoms with Gasteiger partial charge < -0.3 is 13.9 Å². The second-order valence-corrected chi connectivity index (χ2v) is 20.3. The minimum Gasteiger partial charge on any atom is -0.456 e. The van der Waals surface area contributed by atoms with Crippen LogP contribution in [0, 0.1) is 0 Å². The maximum atomic E-state index is 6.53. The molecule has 0 N–H and O–H groups in total. The lowest BCUT2D eigenvalue weighted by Gasteiger charge is -2.35. The van der Waals surface area contributed by atoms with Crippen LogP contribution in [0.1, 0.15) is 0 Å². The van der Waals surface area contributed by atoms with Crippen molar-refractivity contribution in [3.05, 3.63) is 255 Å². The highest BCUT2D eigenvalue weighted by atomic mass is 28.3. The maximum absolute atomic E-state index is 6.53.